The number of hydrogen-bond acceptors (Lipinski definition) is 3. The van der Waals surface area contributed by atoms with Gasteiger partial charge in [0.2, 0.25) is 0 Å². The van der Waals surface area contributed by atoms with E-state index in [1.165, 1.54) is 77.7 Å². The molecular weight excluding hydrogens is 322 g/mol. The maximum absolute atomic E-state index is 11.1. The van der Waals surface area contributed by atoms with E-state index in [2.05, 4.69) is 11.4 Å². The number of unbranched alkanes of at least 4 members (excludes halogenated alkanes) is 13. The van der Waals surface area contributed by atoms with Crippen LogP contribution in [0, 0.1) is 0 Å². The summed E-state index contributed by atoms with van der Waals surface area (Å²) in [6.07, 6.45) is 18.1. The summed E-state index contributed by atoms with van der Waals surface area (Å²) < 4.78 is 15.6. The molecule has 1 unspecified atom stereocenters. The third kappa shape index (κ3) is 19.8. The van der Waals surface area contributed by atoms with Gasteiger partial charge < -0.3 is 14.0 Å². The van der Waals surface area contributed by atoms with Gasteiger partial charge in [0.25, 0.3) is 0 Å². The zero-order valence-corrected chi connectivity index (χ0v) is 19.3. The van der Waals surface area contributed by atoms with Gasteiger partial charge in [0, 0.05) is 13.3 Å². The molecule has 0 spiro atoms. The quantitative estimate of drug-likeness (QED) is 0.242. The summed E-state index contributed by atoms with van der Waals surface area (Å²) in [6.45, 7) is 2.26. The summed E-state index contributed by atoms with van der Waals surface area (Å²) in [7, 11) is -2.26. The smallest absolute Gasteiger partial charge is 0.779 e. The van der Waals surface area contributed by atoms with Crippen LogP contribution in [0.25, 0.3) is 0 Å². The van der Waals surface area contributed by atoms with E-state index in [9.17, 15) is 9.46 Å². The Morgan fingerprint density at radius 2 is 1.05 bits per heavy atom. The van der Waals surface area contributed by atoms with Crippen LogP contribution in [0.2, 0.25) is 0 Å². The van der Waals surface area contributed by atoms with Crippen molar-refractivity contribution in [3.05, 3.63) is 0 Å². The van der Waals surface area contributed by atoms with Crippen LogP contribution in [-0.4, -0.2) is 13.3 Å². The molecule has 0 saturated carbocycles. The first-order chi connectivity index (χ1) is 10.1. The topological polar surface area (TPSA) is 49.4 Å². The molecule has 0 heterocycles. The predicted molar refractivity (Wildman–Crippen MR) is 89.8 cm³/mol. The van der Waals surface area contributed by atoms with E-state index in [1.54, 1.807) is 0 Å². The van der Waals surface area contributed by atoms with Crippen LogP contribution in [0.15, 0.2) is 0 Å². The largest absolute Gasteiger partial charge is 1.00 e. The second-order valence-corrected chi connectivity index (χ2v) is 8.15. The molecule has 0 amide bonds. The standard InChI is InChI=1S/C17H37O3P.K/c1-3-4-5-6-7-8-9-10-11-12-13-14-15-16-17-21(18,19)20-2;/h3-17H2,1-2H3,(H,18,19);/q;+1/p-1. The van der Waals surface area contributed by atoms with Gasteiger partial charge >= 0.3 is 51.4 Å². The van der Waals surface area contributed by atoms with Gasteiger partial charge in [-0.15, -0.1) is 0 Å². The molecule has 128 valence electrons. The molecule has 0 saturated heterocycles. The van der Waals surface area contributed by atoms with Crippen molar-refractivity contribution in [2.75, 3.05) is 13.3 Å². The molecule has 0 bridgehead atoms. The predicted octanol–water partition coefficient (Wildman–Crippen LogP) is 2.67. The van der Waals surface area contributed by atoms with Gasteiger partial charge in [-0.1, -0.05) is 90.4 Å². The molecule has 0 fully saturated rings. The fourth-order valence-corrected chi connectivity index (χ4v) is 3.38. The molecule has 5 heteroatoms. The van der Waals surface area contributed by atoms with E-state index in [1.807, 2.05) is 0 Å². The Hall–Kier alpha value is 1.79. The zero-order chi connectivity index (χ0) is 15.8. The van der Waals surface area contributed by atoms with Crippen molar-refractivity contribution < 1.29 is 65.4 Å². The molecule has 22 heavy (non-hydrogen) atoms. The van der Waals surface area contributed by atoms with Gasteiger partial charge in [-0.05, 0) is 6.42 Å². The van der Waals surface area contributed by atoms with Crippen LogP contribution < -0.4 is 56.3 Å². The van der Waals surface area contributed by atoms with Crippen molar-refractivity contribution in [3.63, 3.8) is 0 Å². The van der Waals surface area contributed by atoms with Crippen LogP contribution in [0.1, 0.15) is 96.8 Å². The van der Waals surface area contributed by atoms with E-state index in [0.29, 0.717) is 0 Å². The SMILES string of the molecule is CCCCCCCCCCCCCCCCP(=O)([O-])OC.[K+]. The molecule has 0 N–H and O–H groups in total. The molecule has 0 aliphatic carbocycles. The van der Waals surface area contributed by atoms with Gasteiger partial charge in [-0.25, -0.2) is 0 Å². The van der Waals surface area contributed by atoms with Gasteiger partial charge in [0.05, 0.1) is 0 Å². The van der Waals surface area contributed by atoms with E-state index in [4.69, 9.17) is 0 Å². The van der Waals surface area contributed by atoms with E-state index < -0.39 is 7.60 Å². The van der Waals surface area contributed by atoms with Crippen molar-refractivity contribution in [2.45, 2.75) is 96.8 Å². The van der Waals surface area contributed by atoms with E-state index in [0.717, 1.165) is 19.3 Å². The van der Waals surface area contributed by atoms with Crippen molar-refractivity contribution in [1.82, 2.24) is 0 Å². The first-order valence-corrected chi connectivity index (χ1v) is 10.7. The van der Waals surface area contributed by atoms with E-state index in [-0.39, 0.29) is 57.5 Å². The molecule has 0 aromatic rings. The molecule has 3 nitrogen and oxygen atoms in total. The molecule has 0 radical (unpaired) electrons. The van der Waals surface area contributed by atoms with Crippen LogP contribution in [0.3, 0.4) is 0 Å². The summed E-state index contributed by atoms with van der Waals surface area (Å²) >= 11 is 0. The Morgan fingerprint density at radius 3 is 1.36 bits per heavy atom. The minimum absolute atomic E-state index is 0. The molecule has 0 rings (SSSR count). The molecule has 0 aromatic carbocycles. The van der Waals surface area contributed by atoms with Crippen molar-refractivity contribution in [3.8, 4) is 0 Å². The maximum Gasteiger partial charge on any atom is 1.00 e. The zero-order valence-electron chi connectivity index (χ0n) is 15.3. The molecular formula is C17H36KO3P. The molecule has 0 aliphatic heterocycles. The third-order valence-electron chi connectivity index (χ3n) is 4.06. The Bertz CT molecular complexity index is 262. The summed E-state index contributed by atoms with van der Waals surface area (Å²) in [4.78, 5) is 11.1. The van der Waals surface area contributed by atoms with Crippen LogP contribution in [-0.2, 0) is 9.09 Å². The minimum atomic E-state index is -3.51. The van der Waals surface area contributed by atoms with Crippen molar-refractivity contribution in [1.29, 1.82) is 0 Å². The second kappa shape index (κ2) is 19.1. The number of rotatable bonds is 16. The normalized spacial score (nSPS) is 13.6. The van der Waals surface area contributed by atoms with Gasteiger partial charge in [-0.2, -0.15) is 0 Å². The summed E-state index contributed by atoms with van der Waals surface area (Å²) in [5, 5.41) is 0. The fraction of sp³-hybridized carbons (Fsp3) is 1.00. The van der Waals surface area contributed by atoms with Gasteiger partial charge in [-0.3, -0.25) is 0 Å². The van der Waals surface area contributed by atoms with Crippen molar-refractivity contribution >= 4 is 7.60 Å². The fourth-order valence-electron chi connectivity index (χ4n) is 2.59. The van der Waals surface area contributed by atoms with Crippen molar-refractivity contribution in [2.24, 2.45) is 0 Å². The average Bonchev–Trinajstić information content (AvgIpc) is 2.47. The Balaban J connectivity index is 0. The molecule has 0 aromatic heterocycles. The summed E-state index contributed by atoms with van der Waals surface area (Å²) in [5.74, 6) is 0. The number of hydrogen-bond donors (Lipinski definition) is 0. The Kier molecular flexibility index (Phi) is 22.6. The van der Waals surface area contributed by atoms with Crippen LogP contribution >= 0.6 is 7.60 Å². The van der Waals surface area contributed by atoms with Gasteiger partial charge in [0.1, 0.15) is 7.60 Å². The third-order valence-corrected chi connectivity index (χ3v) is 5.48. The first kappa shape index (κ1) is 26.0. The first-order valence-electron chi connectivity index (χ1n) is 8.98. The van der Waals surface area contributed by atoms with Crippen LogP contribution in [0.5, 0.6) is 0 Å². The van der Waals surface area contributed by atoms with E-state index >= 15 is 0 Å². The second-order valence-electron chi connectivity index (χ2n) is 6.11. The van der Waals surface area contributed by atoms with Gasteiger partial charge in [0.15, 0.2) is 0 Å². The molecule has 1 atom stereocenters. The maximum atomic E-state index is 11.1. The molecule has 0 aliphatic rings. The Morgan fingerprint density at radius 1 is 0.727 bits per heavy atom. The minimum Gasteiger partial charge on any atom is -0.779 e. The Labute approximate surface area is 181 Å². The monoisotopic (exact) mass is 358 g/mol. The van der Waals surface area contributed by atoms with Crippen LogP contribution in [0.4, 0.5) is 0 Å². The average molecular weight is 359 g/mol. The summed E-state index contributed by atoms with van der Waals surface area (Å²) in [6, 6.07) is 0. The summed E-state index contributed by atoms with van der Waals surface area (Å²) in [5.41, 5.74) is 0.